The van der Waals surface area contributed by atoms with Crippen LogP contribution in [0.2, 0.25) is 0 Å². The Kier molecular flexibility index (Phi) is 5.62. The molecule has 2 aliphatic rings. The van der Waals surface area contributed by atoms with Gasteiger partial charge in [-0.25, -0.2) is 0 Å². The number of hydrogen-bond donors (Lipinski definition) is 0. The third kappa shape index (κ3) is 3.88. The summed E-state index contributed by atoms with van der Waals surface area (Å²) < 4.78 is 0. The van der Waals surface area contributed by atoms with Gasteiger partial charge in [0.2, 0.25) is 0 Å². The molecular weight excluding hydrogens is 422 g/mol. The number of benzene rings is 2. The standard InChI is InChI=1S/C34H41N/c1-22-21-28-30(24-12-14-25(15-13-24)32(3,4)5)29-11-9-10-20-34(29,31(28)23(2)35-22)27-18-16-26(17-19-27)33(6,7)8/h12-19,21H,9-11,20H2,1-8H3. The summed E-state index contributed by atoms with van der Waals surface area (Å²) >= 11 is 0. The molecule has 1 unspecified atom stereocenters. The molecule has 1 nitrogen and oxygen atoms in total. The van der Waals surface area contributed by atoms with Crippen LogP contribution in [0.25, 0.3) is 5.57 Å². The summed E-state index contributed by atoms with van der Waals surface area (Å²) in [7, 11) is 0. The summed E-state index contributed by atoms with van der Waals surface area (Å²) in [5.41, 5.74) is 14.1. The highest BCUT2D eigenvalue weighted by Crippen LogP contribution is 2.59. The number of fused-ring (bicyclic) bond motifs is 3. The van der Waals surface area contributed by atoms with Crippen molar-refractivity contribution in [2.45, 2.75) is 97.3 Å². The Labute approximate surface area is 212 Å². The first-order chi connectivity index (χ1) is 16.4. The summed E-state index contributed by atoms with van der Waals surface area (Å²) in [6.45, 7) is 18.1. The Bertz CT molecular complexity index is 1290. The predicted octanol–water partition coefficient (Wildman–Crippen LogP) is 8.97. The van der Waals surface area contributed by atoms with Crippen molar-refractivity contribution in [3.8, 4) is 0 Å². The van der Waals surface area contributed by atoms with Crippen LogP contribution < -0.4 is 0 Å². The molecule has 182 valence electrons. The monoisotopic (exact) mass is 463 g/mol. The van der Waals surface area contributed by atoms with Crippen LogP contribution in [0.4, 0.5) is 0 Å². The molecule has 0 spiro atoms. The average Bonchev–Trinajstić information content (AvgIpc) is 3.09. The minimum absolute atomic E-state index is 0.0627. The lowest BCUT2D eigenvalue weighted by molar-refractivity contribution is 0.447. The van der Waals surface area contributed by atoms with Gasteiger partial charge >= 0.3 is 0 Å². The molecule has 35 heavy (non-hydrogen) atoms. The van der Waals surface area contributed by atoms with Gasteiger partial charge in [-0.2, -0.15) is 0 Å². The smallest absolute Gasteiger partial charge is 0.0444 e. The van der Waals surface area contributed by atoms with E-state index in [0.717, 1.165) is 12.1 Å². The molecule has 5 rings (SSSR count). The lowest BCUT2D eigenvalue weighted by atomic mass is 9.63. The van der Waals surface area contributed by atoms with E-state index in [0.29, 0.717) is 0 Å². The summed E-state index contributed by atoms with van der Waals surface area (Å²) in [4.78, 5) is 5.01. The van der Waals surface area contributed by atoms with Gasteiger partial charge in [0.15, 0.2) is 0 Å². The van der Waals surface area contributed by atoms with Crippen molar-refractivity contribution in [2.24, 2.45) is 0 Å². The minimum atomic E-state index is -0.0627. The van der Waals surface area contributed by atoms with Crippen LogP contribution in [-0.2, 0) is 16.2 Å². The Hall–Kier alpha value is -2.67. The number of pyridine rings is 1. The first-order valence-electron chi connectivity index (χ1n) is 13.4. The van der Waals surface area contributed by atoms with E-state index < -0.39 is 0 Å². The molecule has 1 heteroatoms. The molecule has 1 saturated carbocycles. The molecule has 0 saturated heterocycles. The number of rotatable bonds is 2. The zero-order valence-corrected chi connectivity index (χ0v) is 23.0. The van der Waals surface area contributed by atoms with Crippen molar-refractivity contribution in [1.29, 1.82) is 0 Å². The number of hydrogen-bond acceptors (Lipinski definition) is 1. The van der Waals surface area contributed by atoms with Gasteiger partial charge in [0.25, 0.3) is 0 Å². The van der Waals surface area contributed by atoms with Gasteiger partial charge in [0, 0.05) is 16.8 Å². The largest absolute Gasteiger partial charge is 0.258 e. The summed E-state index contributed by atoms with van der Waals surface area (Å²) in [5, 5.41) is 0. The summed E-state index contributed by atoms with van der Waals surface area (Å²) in [6.07, 6.45) is 4.84. The molecule has 0 aliphatic heterocycles. The van der Waals surface area contributed by atoms with Gasteiger partial charge < -0.3 is 0 Å². The molecular formula is C34H41N. The molecule has 1 heterocycles. The first kappa shape index (κ1) is 24.0. The fourth-order valence-corrected chi connectivity index (χ4v) is 6.58. The molecule has 2 aromatic carbocycles. The normalized spacial score (nSPS) is 20.1. The van der Waals surface area contributed by atoms with E-state index in [2.05, 4.69) is 110 Å². The van der Waals surface area contributed by atoms with Crippen molar-refractivity contribution in [3.63, 3.8) is 0 Å². The average molecular weight is 464 g/mol. The topological polar surface area (TPSA) is 12.9 Å². The molecule has 0 amide bonds. The van der Waals surface area contributed by atoms with E-state index in [-0.39, 0.29) is 16.2 Å². The van der Waals surface area contributed by atoms with Crippen LogP contribution in [0.1, 0.15) is 112 Å². The minimum Gasteiger partial charge on any atom is -0.258 e. The van der Waals surface area contributed by atoms with Gasteiger partial charge in [-0.15, -0.1) is 0 Å². The van der Waals surface area contributed by atoms with Gasteiger partial charge in [0.1, 0.15) is 0 Å². The zero-order valence-electron chi connectivity index (χ0n) is 23.0. The molecule has 1 aromatic heterocycles. The second-order valence-corrected chi connectivity index (χ2v) is 12.9. The quantitative estimate of drug-likeness (QED) is 0.369. The SMILES string of the molecule is Cc1cc2c(c(C)n1)C1(c3ccc(C(C)(C)C)cc3)CCCCC1=C2c1ccc(C(C)(C)C)cc1. The molecule has 1 atom stereocenters. The van der Waals surface area contributed by atoms with Gasteiger partial charge in [0.05, 0.1) is 0 Å². The third-order valence-corrected chi connectivity index (χ3v) is 8.35. The second-order valence-electron chi connectivity index (χ2n) is 12.9. The molecule has 0 radical (unpaired) electrons. The van der Waals surface area contributed by atoms with E-state index >= 15 is 0 Å². The Morgan fingerprint density at radius 2 is 1.31 bits per heavy atom. The predicted molar refractivity (Wildman–Crippen MR) is 149 cm³/mol. The highest BCUT2D eigenvalue weighted by atomic mass is 14.7. The van der Waals surface area contributed by atoms with Crippen molar-refractivity contribution in [3.05, 3.63) is 105 Å². The number of aromatic nitrogens is 1. The second kappa shape index (κ2) is 8.19. The van der Waals surface area contributed by atoms with Gasteiger partial charge in [-0.3, -0.25) is 4.98 Å². The lowest BCUT2D eigenvalue weighted by Crippen LogP contribution is -2.32. The van der Waals surface area contributed by atoms with Crippen LogP contribution in [0.15, 0.2) is 60.2 Å². The maximum absolute atomic E-state index is 5.01. The lowest BCUT2D eigenvalue weighted by Gasteiger charge is -2.39. The Morgan fingerprint density at radius 1 is 0.743 bits per heavy atom. The van der Waals surface area contributed by atoms with E-state index in [1.165, 1.54) is 63.9 Å². The van der Waals surface area contributed by atoms with Crippen LogP contribution in [-0.4, -0.2) is 4.98 Å². The molecule has 1 fully saturated rings. The Balaban J connectivity index is 1.78. The highest BCUT2D eigenvalue weighted by Gasteiger charge is 2.49. The zero-order chi connectivity index (χ0) is 25.2. The van der Waals surface area contributed by atoms with E-state index in [4.69, 9.17) is 4.98 Å². The molecule has 2 aliphatic carbocycles. The molecule has 0 N–H and O–H groups in total. The summed E-state index contributed by atoms with van der Waals surface area (Å²) in [5.74, 6) is 0. The Morgan fingerprint density at radius 3 is 1.89 bits per heavy atom. The van der Waals surface area contributed by atoms with E-state index in [9.17, 15) is 0 Å². The maximum Gasteiger partial charge on any atom is 0.0444 e. The van der Waals surface area contributed by atoms with E-state index in [1.54, 1.807) is 5.57 Å². The van der Waals surface area contributed by atoms with Gasteiger partial charge in [-0.05, 0) is 94.5 Å². The number of aryl methyl sites for hydroxylation is 2. The van der Waals surface area contributed by atoms with Crippen molar-refractivity contribution >= 4 is 5.57 Å². The highest BCUT2D eigenvalue weighted by molar-refractivity contribution is 5.92. The number of allylic oxidation sites excluding steroid dienone is 1. The van der Waals surface area contributed by atoms with Crippen LogP contribution in [0.5, 0.6) is 0 Å². The first-order valence-corrected chi connectivity index (χ1v) is 13.4. The van der Waals surface area contributed by atoms with Gasteiger partial charge in [-0.1, -0.05) is 96.5 Å². The van der Waals surface area contributed by atoms with Crippen LogP contribution in [0.3, 0.4) is 0 Å². The van der Waals surface area contributed by atoms with Crippen LogP contribution in [0, 0.1) is 13.8 Å². The van der Waals surface area contributed by atoms with Crippen molar-refractivity contribution in [1.82, 2.24) is 4.98 Å². The van der Waals surface area contributed by atoms with Crippen LogP contribution >= 0.6 is 0 Å². The summed E-state index contributed by atoms with van der Waals surface area (Å²) in [6, 6.07) is 21.3. The molecule has 3 aromatic rings. The number of nitrogens with zero attached hydrogens (tertiary/aromatic N) is 1. The fourth-order valence-electron chi connectivity index (χ4n) is 6.58. The third-order valence-electron chi connectivity index (χ3n) is 8.35. The van der Waals surface area contributed by atoms with E-state index in [1.807, 2.05) is 0 Å². The fraction of sp³-hybridized carbons (Fsp3) is 0.441. The van der Waals surface area contributed by atoms with Crippen molar-refractivity contribution in [2.75, 3.05) is 0 Å². The van der Waals surface area contributed by atoms with Crippen molar-refractivity contribution < 1.29 is 0 Å². The maximum atomic E-state index is 5.01. The molecule has 0 bridgehead atoms.